The van der Waals surface area contributed by atoms with Gasteiger partial charge in [-0.3, -0.25) is 9.59 Å². The van der Waals surface area contributed by atoms with Gasteiger partial charge in [0.05, 0.1) is 0 Å². The number of hydrogen-bond acceptors (Lipinski definition) is 5. The molecule has 154 valence electrons. The molecule has 2 amide bonds. The summed E-state index contributed by atoms with van der Waals surface area (Å²) in [6, 6.07) is 5.29. The highest BCUT2D eigenvalue weighted by Gasteiger charge is 2.27. The molecule has 0 saturated carbocycles. The van der Waals surface area contributed by atoms with E-state index >= 15 is 0 Å². The highest BCUT2D eigenvalue weighted by atomic mass is 16.4. The van der Waals surface area contributed by atoms with Crippen molar-refractivity contribution in [3.63, 3.8) is 0 Å². The Hall–Kier alpha value is -3.48. The van der Waals surface area contributed by atoms with Crippen LogP contribution >= 0.6 is 0 Å². The molecule has 2 N–H and O–H groups in total. The smallest absolute Gasteiger partial charge is 0.309 e. The van der Waals surface area contributed by atoms with E-state index in [0.717, 1.165) is 23.2 Å². The van der Waals surface area contributed by atoms with Gasteiger partial charge in [-0.25, -0.2) is 0 Å². The van der Waals surface area contributed by atoms with Crippen molar-refractivity contribution in [3.05, 3.63) is 71.5 Å². The first-order chi connectivity index (χ1) is 14.6. The number of rotatable bonds is 5. The number of hydrogen-bond donors (Lipinski definition) is 2. The molecule has 2 heterocycles. The Morgan fingerprint density at radius 2 is 2.23 bits per heavy atom. The molecular weight excluding hydrogens is 380 g/mol. The summed E-state index contributed by atoms with van der Waals surface area (Å²) in [6.45, 7) is 1.95. The van der Waals surface area contributed by atoms with E-state index in [0.29, 0.717) is 25.2 Å². The molecule has 1 aromatic heterocycles. The number of carbonyl (C=O) groups is 2. The van der Waals surface area contributed by atoms with Gasteiger partial charge in [-0.15, -0.1) is 10.2 Å². The lowest BCUT2D eigenvalue weighted by molar-refractivity contribution is -0.118. The van der Waals surface area contributed by atoms with Crippen LogP contribution in [0.4, 0.5) is 5.69 Å². The number of fused-ring (bicyclic) bond motifs is 1. The first kappa shape index (κ1) is 19.8. The van der Waals surface area contributed by atoms with Gasteiger partial charge in [-0.2, -0.15) is 0 Å². The average molecular weight is 404 g/mol. The number of benzene rings is 1. The number of aromatic nitrogens is 2. The summed E-state index contributed by atoms with van der Waals surface area (Å²) in [5.74, 6) is -0.207. The van der Waals surface area contributed by atoms with Crippen molar-refractivity contribution < 1.29 is 14.0 Å². The molecule has 1 aromatic carbocycles. The molecule has 0 saturated heterocycles. The Morgan fingerprint density at radius 1 is 1.33 bits per heavy atom. The van der Waals surface area contributed by atoms with Crippen molar-refractivity contribution in [2.24, 2.45) is 5.92 Å². The van der Waals surface area contributed by atoms with E-state index in [2.05, 4.69) is 33.0 Å². The molecule has 4 rings (SSSR count). The second kappa shape index (κ2) is 8.90. The number of amides is 2. The van der Waals surface area contributed by atoms with Gasteiger partial charge in [0.2, 0.25) is 11.8 Å². The molecule has 0 radical (unpaired) electrons. The van der Waals surface area contributed by atoms with E-state index in [1.165, 1.54) is 0 Å². The van der Waals surface area contributed by atoms with Crippen LogP contribution in [0.15, 0.2) is 53.0 Å². The minimum absolute atomic E-state index is 0.120. The Bertz CT molecular complexity index is 1030. The molecule has 2 aromatic rings. The Balaban J connectivity index is 1.39. The molecule has 1 unspecified atom stereocenters. The van der Waals surface area contributed by atoms with Gasteiger partial charge in [0.15, 0.2) is 0 Å². The maximum Gasteiger partial charge on any atom is 0.309 e. The van der Waals surface area contributed by atoms with Crippen molar-refractivity contribution in [3.8, 4) is 0 Å². The normalized spacial score (nSPS) is 20.6. The van der Waals surface area contributed by atoms with Crippen LogP contribution in [0.2, 0.25) is 0 Å². The van der Waals surface area contributed by atoms with Gasteiger partial charge in [-0.1, -0.05) is 48.6 Å². The Morgan fingerprint density at radius 3 is 3.03 bits per heavy atom. The van der Waals surface area contributed by atoms with Crippen LogP contribution in [-0.2, 0) is 17.6 Å². The third kappa shape index (κ3) is 4.56. The number of carbonyl (C=O) groups excluding carboxylic acids is 2. The van der Waals surface area contributed by atoms with E-state index in [9.17, 15) is 9.59 Å². The third-order valence-corrected chi connectivity index (χ3v) is 5.24. The van der Waals surface area contributed by atoms with Crippen LogP contribution in [0.1, 0.15) is 47.5 Å². The van der Waals surface area contributed by atoms with Gasteiger partial charge >= 0.3 is 11.8 Å². The number of allylic oxidation sites excluding steroid dienone is 5. The van der Waals surface area contributed by atoms with Gasteiger partial charge in [0.1, 0.15) is 6.04 Å². The lowest BCUT2D eigenvalue weighted by Gasteiger charge is -2.13. The number of aryl methyl sites for hydroxylation is 1. The highest BCUT2D eigenvalue weighted by Crippen LogP contribution is 2.24. The monoisotopic (exact) mass is 404 g/mol. The zero-order valence-electron chi connectivity index (χ0n) is 16.8. The highest BCUT2D eigenvalue weighted by molar-refractivity contribution is 6.00. The van der Waals surface area contributed by atoms with Crippen LogP contribution in [0.5, 0.6) is 0 Å². The topological polar surface area (TPSA) is 97.1 Å². The second-order valence-electron chi connectivity index (χ2n) is 7.48. The van der Waals surface area contributed by atoms with Gasteiger partial charge in [0, 0.05) is 12.1 Å². The van der Waals surface area contributed by atoms with Crippen LogP contribution in [0, 0.1) is 5.92 Å². The molecule has 2 aliphatic rings. The third-order valence-electron chi connectivity index (χ3n) is 5.24. The van der Waals surface area contributed by atoms with Crippen molar-refractivity contribution >= 4 is 23.6 Å². The fourth-order valence-corrected chi connectivity index (χ4v) is 3.67. The number of nitrogens with zero attached hydrogens (tertiary/aromatic N) is 2. The molecular formula is C23H24N4O3. The molecule has 1 aliphatic carbocycles. The van der Waals surface area contributed by atoms with Gasteiger partial charge in [0.25, 0.3) is 0 Å². The molecule has 0 bridgehead atoms. The average Bonchev–Trinajstić information content (AvgIpc) is 3.15. The summed E-state index contributed by atoms with van der Waals surface area (Å²) in [7, 11) is 0. The minimum atomic E-state index is -0.670. The van der Waals surface area contributed by atoms with Crippen molar-refractivity contribution in [1.82, 2.24) is 15.5 Å². The molecule has 7 heteroatoms. The predicted molar refractivity (Wildman–Crippen MR) is 114 cm³/mol. The second-order valence-corrected chi connectivity index (χ2v) is 7.48. The summed E-state index contributed by atoms with van der Waals surface area (Å²) in [4.78, 5) is 25.2. The molecule has 2 atom stereocenters. The fraction of sp³-hybridized carbons (Fsp3) is 0.304. The van der Waals surface area contributed by atoms with E-state index in [1.807, 2.05) is 49.4 Å². The zero-order valence-corrected chi connectivity index (χ0v) is 16.8. The van der Waals surface area contributed by atoms with Crippen molar-refractivity contribution in [2.75, 3.05) is 5.32 Å². The lowest BCUT2D eigenvalue weighted by Crippen LogP contribution is -2.43. The fourth-order valence-electron chi connectivity index (χ4n) is 3.67. The predicted octanol–water partition coefficient (Wildman–Crippen LogP) is 3.46. The van der Waals surface area contributed by atoms with E-state index in [1.54, 1.807) is 0 Å². The Labute approximate surface area is 175 Å². The Kier molecular flexibility index (Phi) is 5.88. The molecule has 0 fully saturated rings. The first-order valence-corrected chi connectivity index (χ1v) is 10.2. The van der Waals surface area contributed by atoms with E-state index < -0.39 is 11.9 Å². The summed E-state index contributed by atoms with van der Waals surface area (Å²) in [6.07, 6.45) is 14.7. The summed E-state index contributed by atoms with van der Waals surface area (Å²) in [5, 5.41) is 13.5. The quantitative estimate of drug-likeness (QED) is 0.795. The molecule has 1 aliphatic heterocycles. The molecule has 0 spiro atoms. The van der Waals surface area contributed by atoms with Crippen molar-refractivity contribution in [2.45, 2.75) is 38.6 Å². The maximum absolute atomic E-state index is 12.7. The largest absolute Gasteiger partial charge is 0.417 e. The SMILES string of the molecule is C/C=C/c1ccc2c(c1)NC(=O)[C@@H](NC(=O)c1nnc(CC3C=CC=CC3)o1)CC2. The standard InChI is InChI=1S/C23H24N4O3/c1-2-6-15-9-10-17-11-12-18(21(28)25-19(17)13-15)24-22(29)23-27-26-20(30-23)14-16-7-4-3-5-8-16/h2-7,9-10,13,16,18H,8,11-12,14H2,1H3,(H,24,29)(H,25,28)/b6-2+/t16?,18-/m0/s1. The summed E-state index contributed by atoms with van der Waals surface area (Å²) in [5.41, 5.74) is 2.84. The number of anilines is 1. The van der Waals surface area contributed by atoms with Crippen LogP contribution in [-0.4, -0.2) is 28.1 Å². The summed E-state index contributed by atoms with van der Waals surface area (Å²) < 4.78 is 5.53. The minimum Gasteiger partial charge on any atom is -0.417 e. The van der Waals surface area contributed by atoms with Crippen LogP contribution in [0.25, 0.3) is 6.08 Å². The van der Waals surface area contributed by atoms with Crippen LogP contribution in [0.3, 0.4) is 0 Å². The first-order valence-electron chi connectivity index (χ1n) is 10.2. The lowest BCUT2D eigenvalue weighted by atomic mass is 9.97. The maximum atomic E-state index is 12.7. The van der Waals surface area contributed by atoms with E-state index in [4.69, 9.17) is 4.42 Å². The zero-order chi connectivity index (χ0) is 20.9. The number of nitrogens with one attached hydrogen (secondary N) is 2. The molecule has 7 nitrogen and oxygen atoms in total. The van der Waals surface area contributed by atoms with E-state index in [-0.39, 0.29) is 17.7 Å². The van der Waals surface area contributed by atoms with Gasteiger partial charge < -0.3 is 15.1 Å². The van der Waals surface area contributed by atoms with Gasteiger partial charge in [-0.05, 0) is 49.3 Å². The summed E-state index contributed by atoms with van der Waals surface area (Å²) >= 11 is 0. The van der Waals surface area contributed by atoms with Crippen molar-refractivity contribution in [1.29, 1.82) is 0 Å². The van der Waals surface area contributed by atoms with Crippen LogP contribution < -0.4 is 10.6 Å². The molecule has 30 heavy (non-hydrogen) atoms.